The fourth-order valence-electron chi connectivity index (χ4n) is 1.81. The summed E-state index contributed by atoms with van der Waals surface area (Å²) in [6.07, 6.45) is -1.01. The van der Waals surface area contributed by atoms with Crippen LogP contribution in [0.1, 0.15) is 17.3 Å². The highest BCUT2D eigenvalue weighted by atomic mass is 32.2. The van der Waals surface area contributed by atoms with Crippen molar-refractivity contribution in [3.05, 3.63) is 40.3 Å². The number of Topliss-reactive ketones (excluding diaryl/α,β-unsaturated/α-hetero) is 1. The molecule has 1 heterocycles. The summed E-state index contributed by atoms with van der Waals surface area (Å²) in [6, 6.07) is 7.14. The lowest BCUT2D eigenvalue weighted by molar-refractivity contribution is 0.0678. The maximum absolute atomic E-state index is 12.3. The van der Waals surface area contributed by atoms with Gasteiger partial charge in [0.1, 0.15) is 5.54 Å². The first-order valence-corrected chi connectivity index (χ1v) is 6.11. The maximum Gasteiger partial charge on any atom is 0.179 e. The summed E-state index contributed by atoms with van der Waals surface area (Å²) >= 11 is 1.42. The first-order chi connectivity index (χ1) is 8.12. The van der Waals surface area contributed by atoms with E-state index in [-0.39, 0.29) is 11.5 Å². The molecule has 1 aliphatic rings. The topological polar surface area (TPSA) is 86.1 Å². The second-order valence-corrected chi connectivity index (χ2v) is 4.92. The second-order valence-electron chi connectivity index (χ2n) is 3.90. The van der Waals surface area contributed by atoms with E-state index >= 15 is 0 Å². The number of benzene rings is 1. The zero-order valence-corrected chi connectivity index (χ0v) is 10.0. The fourth-order valence-corrected chi connectivity index (χ4v) is 3.11. The van der Waals surface area contributed by atoms with Gasteiger partial charge in [0.25, 0.3) is 0 Å². The molecule has 0 saturated carbocycles. The van der Waals surface area contributed by atoms with Crippen LogP contribution in [0.2, 0.25) is 0 Å². The van der Waals surface area contributed by atoms with Gasteiger partial charge in [-0.15, -0.1) is 11.8 Å². The van der Waals surface area contributed by atoms with Crippen LogP contribution in [0.3, 0.4) is 0 Å². The lowest BCUT2D eigenvalue weighted by Crippen LogP contribution is -2.50. The molecule has 5 nitrogen and oxygen atoms in total. The lowest BCUT2D eigenvalue weighted by atomic mass is 9.86. The van der Waals surface area contributed by atoms with Crippen molar-refractivity contribution in [2.75, 3.05) is 5.75 Å². The summed E-state index contributed by atoms with van der Waals surface area (Å²) < 4.78 is 0. The number of aliphatic hydroxyl groups excluding tert-OH is 1. The highest BCUT2D eigenvalue weighted by Gasteiger charge is 2.46. The summed E-state index contributed by atoms with van der Waals surface area (Å²) in [7, 11) is 0. The first kappa shape index (κ1) is 12.0. The monoisotopic (exact) mass is 249 g/mol. The number of hydrogen-bond donors (Lipinski definition) is 1. The SMILES string of the molecule is C[C@H](O)[C@]1(N=[N+]=[N-])CSc2ccccc2C1=O. The summed E-state index contributed by atoms with van der Waals surface area (Å²) in [6.45, 7) is 1.47. The molecular weight excluding hydrogens is 238 g/mol. The van der Waals surface area contributed by atoms with Crippen LogP contribution in [0, 0.1) is 0 Å². The minimum atomic E-state index is -1.38. The highest BCUT2D eigenvalue weighted by Crippen LogP contribution is 2.38. The van der Waals surface area contributed by atoms with Crippen LogP contribution < -0.4 is 0 Å². The van der Waals surface area contributed by atoms with Gasteiger partial charge in [0.05, 0.1) is 6.10 Å². The van der Waals surface area contributed by atoms with Gasteiger partial charge in [0.15, 0.2) is 5.78 Å². The number of azide groups is 1. The Morgan fingerprint density at radius 1 is 1.59 bits per heavy atom. The van der Waals surface area contributed by atoms with Crippen molar-refractivity contribution >= 4 is 17.5 Å². The molecule has 0 unspecified atom stereocenters. The van der Waals surface area contributed by atoms with Crippen LogP contribution in [0.25, 0.3) is 10.4 Å². The number of thioether (sulfide) groups is 1. The van der Waals surface area contributed by atoms with Crippen LogP contribution in [0.15, 0.2) is 34.3 Å². The maximum atomic E-state index is 12.3. The number of ketones is 1. The highest BCUT2D eigenvalue weighted by molar-refractivity contribution is 7.99. The van der Waals surface area contributed by atoms with Gasteiger partial charge in [-0.3, -0.25) is 4.79 Å². The Balaban J connectivity index is 2.55. The molecule has 1 aromatic rings. The Hall–Kier alpha value is -1.49. The molecule has 0 aliphatic carbocycles. The number of aliphatic hydroxyl groups is 1. The van der Waals surface area contributed by atoms with Crippen molar-refractivity contribution in [1.82, 2.24) is 0 Å². The average Bonchev–Trinajstić information content (AvgIpc) is 2.33. The molecule has 0 spiro atoms. The van der Waals surface area contributed by atoms with E-state index in [1.807, 2.05) is 12.1 Å². The lowest BCUT2D eigenvalue weighted by Gasteiger charge is -2.34. The minimum Gasteiger partial charge on any atom is -0.392 e. The van der Waals surface area contributed by atoms with Gasteiger partial charge in [-0.25, -0.2) is 0 Å². The first-order valence-electron chi connectivity index (χ1n) is 5.13. The predicted molar refractivity (Wildman–Crippen MR) is 65.1 cm³/mol. The number of carbonyl (C=O) groups excluding carboxylic acids is 1. The number of rotatable bonds is 2. The average molecular weight is 249 g/mol. The van der Waals surface area contributed by atoms with Gasteiger partial charge in [-0.1, -0.05) is 23.3 Å². The summed E-state index contributed by atoms with van der Waals surface area (Å²) in [5.41, 5.74) is 7.71. The van der Waals surface area contributed by atoms with Crippen LogP contribution in [0.4, 0.5) is 0 Å². The van der Waals surface area contributed by atoms with Crippen LogP contribution in [-0.2, 0) is 0 Å². The molecule has 2 rings (SSSR count). The van der Waals surface area contributed by atoms with Crippen molar-refractivity contribution in [3.63, 3.8) is 0 Å². The molecule has 0 fully saturated rings. The molecule has 88 valence electrons. The van der Waals surface area contributed by atoms with E-state index in [0.29, 0.717) is 5.56 Å². The standard InChI is InChI=1S/C11H11N3O2S/c1-7(15)11(13-14-12)6-17-9-5-3-2-4-8(9)10(11)16/h2-5,7,15H,6H2,1H3/t7-,11+/m0/s1. The quantitative estimate of drug-likeness (QED) is 0.496. The largest absolute Gasteiger partial charge is 0.392 e. The summed E-state index contributed by atoms with van der Waals surface area (Å²) in [5, 5.41) is 13.3. The Morgan fingerprint density at radius 3 is 2.94 bits per heavy atom. The molecule has 1 aliphatic heterocycles. The molecule has 6 heteroatoms. The third-order valence-electron chi connectivity index (χ3n) is 2.89. The molecule has 0 radical (unpaired) electrons. The normalized spacial score (nSPS) is 24.7. The second kappa shape index (κ2) is 4.41. The molecule has 0 aromatic heterocycles. The van der Waals surface area contributed by atoms with Gasteiger partial charge < -0.3 is 5.11 Å². The van der Waals surface area contributed by atoms with Crippen LogP contribution in [0.5, 0.6) is 0 Å². The Morgan fingerprint density at radius 2 is 2.29 bits per heavy atom. The zero-order chi connectivity index (χ0) is 12.5. The Bertz CT molecular complexity index is 511. The zero-order valence-electron chi connectivity index (χ0n) is 9.20. The van der Waals surface area contributed by atoms with E-state index in [2.05, 4.69) is 10.0 Å². The number of carbonyl (C=O) groups is 1. The number of nitrogens with zero attached hydrogens (tertiary/aromatic N) is 3. The number of hydrogen-bond acceptors (Lipinski definition) is 4. The van der Waals surface area contributed by atoms with Gasteiger partial charge >= 0.3 is 0 Å². The van der Waals surface area contributed by atoms with Crippen molar-refractivity contribution in [3.8, 4) is 0 Å². The van der Waals surface area contributed by atoms with Gasteiger partial charge in [0.2, 0.25) is 0 Å². The van der Waals surface area contributed by atoms with Gasteiger partial charge in [0, 0.05) is 21.1 Å². The smallest absolute Gasteiger partial charge is 0.179 e. The van der Waals surface area contributed by atoms with Gasteiger partial charge in [-0.2, -0.15) is 0 Å². The molecule has 0 bridgehead atoms. The summed E-state index contributed by atoms with van der Waals surface area (Å²) in [5.74, 6) is -0.0375. The third-order valence-corrected chi connectivity index (χ3v) is 4.14. The molecule has 0 saturated heterocycles. The van der Waals surface area contributed by atoms with Crippen LogP contribution in [-0.4, -0.2) is 28.3 Å². The molecule has 1 N–H and O–H groups in total. The Kier molecular flexibility index (Phi) is 3.11. The Labute approximate surface area is 102 Å². The molecule has 1 aromatic carbocycles. The minimum absolute atomic E-state index is 0.268. The van der Waals surface area contributed by atoms with E-state index in [9.17, 15) is 9.90 Å². The van der Waals surface area contributed by atoms with Gasteiger partial charge in [-0.05, 0) is 18.5 Å². The van der Waals surface area contributed by atoms with E-state index in [0.717, 1.165) is 4.90 Å². The van der Waals surface area contributed by atoms with E-state index in [1.165, 1.54) is 18.7 Å². The summed E-state index contributed by atoms with van der Waals surface area (Å²) in [4.78, 5) is 15.9. The van der Waals surface area contributed by atoms with Crippen molar-refractivity contribution in [1.29, 1.82) is 0 Å². The predicted octanol–water partition coefficient (Wildman–Crippen LogP) is 2.40. The fraction of sp³-hybridized carbons (Fsp3) is 0.364. The van der Waals surface area contributed by atoms with Crippen LogP contribution >= 0.6 is 11.8 Å². The third kappa shape index (κ3) is 1.80. The van der Waals surface area contributed by atoms with E-state index in [4.69, 9.17) is 5.53 Å². The van der Waals surface area contributed by atoms with E-state index < -0.39 is 11.6 Å². The van der Waals surface area contributed by atoms with Crippen molar-refractivity contribution < 1.29 is 9.90 Å². The van der Waals surface area contributed by atoms with Crippen molar-refractivity contribution in [2.24, 2.45) is 5.11 Å². The molecule has 0 amide bonds. The number of fused-ring (bicyclic) bond motifs is 1. The van der Waals surface area contributed by atoms with E-state index in [1.54, 1.807) is 12.1 Å². The van der Waals surface area contributed by atoms with Crippen molar-refractivity contribution in [2.45, 2.75) is 23.5 Å². The molecular formula is C11H11N3O2S. The molecule has 2 atom stereocenters. The molecule has 17 heavy (non-hydrogen) atoms.